The summed E-state index contributed by atoms with van der Waals surface area (Å²) in [5.41, 5.74) is 6.97. The van der Waals surface area contributed by atoms with E-state index in [1.54, 1.807) is 6.07 Å². The minimum atomic E-state index is -0.606. The van der Waals surface area contributed by atoms with Crippen LogP contribution in [0.25, 0.3) is 0 Å². The van der Waals surface area contributed by atoms with E-state index >= 15 is 0 Å². The second kappa shape index (κ2) is 5.50. The molecule has 1 aromatic carbocycles. The number of benzene rings is 1. The summed E-state index contributed by atoms with van der Waals surface area (Å²) in [6, 6.07) is 7.36. The number of primary amides is 1. The lowest BCUT2D eigenvalue weighted by atomic mass is 10.0. The lowest BCUT2D eigenvalue weighted by Gasteiger charge is -2.06. The molecule has 0 bridgehead atoms. The number of oxime groups is 1. The smallest absolute Gasteiger partial charge is 0.271 e. The van der Waals surface area contributed by atoms with Gasteiger partial charge < -0.3 is 10.6 Å². The maximum Gasteiger partial charge on any atom is 0.271 e. The molecule has 2 N–H and O–H groups in total. The van der Waals surface area contributed by atoms with E-state index in [0.717, 1.165) is 5.56 Å². The molecule has 0 radical (unpaired) electrons. The lowest BCUT2D eigenvalue weighted by molar-refractivity contribution is -0.112. The van der Waals surface area contributed by atoms with Crippen LogP contribution in [0.1, 0.15) is 11.1 Å². The zero-order chi connectivity index (χ0) is 11.3. The third kappa shape index (κ3) is 2.79. The van der Waals surface area contributed by atoms with Crippen molar-refractivity contribution in [1.29, 1.82) is 0 Å². The van der Waals surface area contributed by atoms with Gasteiger partial charge in [0.05, 0.1) is 0 Å². The molecule has 0 aliphatic heterocycles. The number of nitrogens with two attached hydrogens (primary N) is 1. The highest BCUT2D eigenvalue weighted by Gasteiger charge is 2.14. The number of nitrogens with zero attached hydrogens (tertiary/aromatic N) is 1. The summed E-state index contributed by atoms with van der Waals surface area (Å²) in [7, 11) is 1.37. The van der Waals surface area contributed by atoms with Gasteiger partial charge in [-0.3, -0.25) is 4.79 Å². The zero-order valence-corrected chi connectivity index (χ0v) is 9.82. The SMILES string of the molecule is CON=C(C(N)=O)c1ccccc1CBr. The molecule has 5 heteroatoms. The van der Waals surface area contributed by atoms with E-state index in [9.17, 15) is 4.79 Å². The Morgan fingerprint density at radius 1 is 1.53 bits per heavy atom. The molecule has 0 heterocycles. The van der Waals surface area contributed by atoms with Crippen molar-refractivity contribution in [2.45, 2.75) is 5.33 Å². The molecule has 4 nitrogen and oxygen atoms in total. The van der Waals surface area contributed by atoms with E-state index in [2.05, 4.69) is 25.9 Å². The first-order chi connectivity index (χ1) is 7.20. The van der Waals surface area contributed by atoms with Gasteiger partial charge in [-0.1, -0.05) is 45.4 Å². The molecular formula is C10H11BrN2O2. The van der Waals surface area contributed by atoms with Crippen molar-refractivity contribution in [1.82, 2.24) is 0 Å². The maximum absolute atomic E-state index is 11.2. The largest absolute Gasteiger partial charge is 0.398 e. The Kier molecular flexibility index (Phi) is 4.30. The van der Waals surface area contributed by atoms with E-state index < -0.39 is 5.91 Å². The van der Waals surface area contributed by atoms with Gasteiger partial charge in [0.15, 0.2) is 5.71 Å². The van der Waals surface area contributed by atoms with Gasteiger partial charge in [-0.15, -0.1) is 0 Å². The van der Waals surface area contributed by atoms with Crippen molar-refractivity contribution >= 4 is 27.5 Å². The van der Waals surface area contributed by atoms with E-state index in [1.807, 2.05) is 18.2 Å². The van der Waals surface area contributed by atoms with Crippen LogP contribution in [0.4, 0.5) is 0 Å². The van der Waals surface area contributed by atoms with Crippen molar-refractivity contribution < 1.29 is 9.63 Å². The summed E-state index contributed by atoms with van der Waals surface area (Å²) < 4.78 is 0. The predicted octanol–water partition coefficient (Wildman–Crippen LogP) is 1.42. The first-order valence-electron chi connectivity index (χ1n) is 4.26. The molecule has 0 saturated carbocycles. The number of amides is 1. The molecule has 0 spiro atoms. The van der Waals surface area contributed by atoms with Crippen LogP contribution in [0.5, 0.6) is 0 Å². The number of hydrogen-bond acceptors (Lipinski definition) is 3. The molecule has 15 heavy (non-hydrogen) atoms. The molecule has 0 saturated heterocycles. The van der Waals surface area contributed by atoms with Crippen molar-refractivity contribution in [3.8, 4) is 0 Å². The van der Waals surface area contributed by atoms with Gasteiger partial charge >= 0.3 is 0 Å². The minimum absolute atomic E-state index is 0.132. The van der Waals surface area contributed by atoms with Gasteiger partial charge in [0.25, 0.3) is 5.91 Å². The van der Waals surface area contributed by atoms with Crippen LogP contribution in [0.15, 0.2) is 29.4 Å². The standard InChI is InChI=1S/C10H11BrN2O2/c1-15-13-9(10(12)14)8-5-3-2-4-7(8)6-11/h2-5H,6H2,1H3,(H2,12,14). The average molecular weight is 271 g/mol. The molecule has 1 rings (SSSR count). The molecule has 0 unspecified atom stereocenters. The molecule has 0 atom stereocenters. The van der Waals surface area contributed by atoms with E-state index in [1.165, 1.54) is 7.11 Å². The van der Waals surface area contributed by atoms with Crippen LogP contribution in [0.2, 0.25) is 0 Å². The lowest BCUT2D eigenvalue weighted by Crippen LogP contribution is -2.25. The molecule has 0 aliphatic rings. The van der Waals surface area contributed by atoms with Crippen molar-refractivity contribution in [3.63, 3.8) is 0 Å². The Hall–Kier alpha value is -1.36. The highest BCUT2D eigenvalue weighted by molar-refractivity contribution is 9.08. The summed E-state index contributed by atoms with van der Waals surface area (Å²) in [6.07, 6.45) is 0. The van der Waals surface area contributed by atoms with Gasteiger partial charge in [-0.25, -0.2) is 0 Å². The topological polar surface area (TPSA) is 64.7 Å². The van der Waals surface area contributed by atoms with Crippen LogP contribution in [0, 0.1) is 0 Å². The minimum Gasteiger partial charge on any atom is -0.398 e. The summed E-state index contributed by atoms with van der Waals surface area (Å²) >= 11 is 3.33. The fraction of sp³-hybridized carbons (Fsp3) is 0.200. The predicted molar refractivity (Wildman–Crippen MR) is 61.8 cm³/mol. The van der Waals surface area contributed by atoms with Crippen LogP contribution in [-0.4, -0.2) is 18.7 Å². The molecule has 0 fully saturated rings. The number of halogens is 1. The number of alkyl halides is 1. The molecular weight excluding hydrogens is 260 g/mol. The molecule has 1 amide bonds. The number of carbonyl (C=O) groups excluding carboxylic acids is 1. The summed E-state index contributed by atoms with van der Waals surface area (Å²) in [4.78, 5) is 15.7. The number of hydrogen-bond donors (Lipinski definition) is 1. The first kappa shape index (κ1) is 11.7. The Balaban J connectivity index is 3.22. The van der Waals surface area contributed by atoms with Crippen LogP contribution in [-0.2, 0) is 15.0 Å². The van der Waals surface area contributed by atoms with Gasteiger partial charge in [-0.2, -0.15) is 0 Å². The Labute approximate surface area is 96.2 Å². The number of carbonyl (C=O) groups is 1. The van der Waals surface area contributed by atoms with Crippen molar-refractivity contribution in [3.05, 3.63) is 35.4 Å². The van der Waals surface area contributed by atoms with Crippen LogP contribution < -0.4 is 5.73 Å². The van der Waals surface area contributed by atoms with Gasteiger partial charge in [0.2, 0.25) is 0 Å². The second-order valence-electron chi connectivity index (χ2n) is 2.78. The maximum atomic E-state index is 11.2. The van der Waals surface area contributed by atoms with E-state index in [4.69, 9.17) is 5.73 Å². The first-order valence-corrected chi connectivity index (χ1v) is 5.38. The van der Waals surface area contributed by atoms with Crippen molar-refractivity contribution in [2.75, 3.05) is 7.11 Å². The second-order valence-corrected chi connectivity index (χ2v) is 3.34. The normalized spacial score (nSPS) is 11.2. The third-order valence-electron chi connectivity index (χ3n) is 1.83. The zero-order valence-electron chi connectivity index (χ0n) is 8.24. The number of rotatable bonds is 4. The summed E-state index contributed by atoms with van der Waals surface area (Å²) in [5, 5.41) is 4.25. The Bertz CT molecular complexity index is 391. The monoisotopic (exact) mass is 270 g/mol. The molecule has 80 valence electrons. The Morgan fingerprint density at radius 2 is 2.20 bits per heavy atom. The summed E-state index contributed by atoms with van der Waals surface area (Å²) in [5.74, 6) is -0.606. The average Bonchev–Trinajstić information content (AvgIpc) is 2.25. The molecule has 0 aliphatic carbocycles. The Morgan fingerprint density at radius 3 is 2.73 bits per heavy atom. The molecule has 1 aromatic rings. The highest BCUT2D eigenvalue weighted by atomic mass is 79.9. The summed E-state index contributed by atoms with van der Waals surface area (Å²) in [6.45, 7) is 0. The van der Waals surface area contributed by atoms with Gasteiger partial charge in [0.1, 0.15) is 7.11 Å². The quantitative estimate of drug-likeness (QED) is 0.511. The fourth-order valence-corrected chi connectivity index (χ4v) is 1.67. The van der Waals surface area contributed by atoms with Crippen LogP contribution in [0.3, 0.4) is 0 Å². The highest BCUT2D eigenvalue weighted by Crippen LogP contribution is 2.13. The van der Waals surface area contributed by atoms with Crippen LogP contribution >= 0.6 is 15.9 Å². The van der Waals surface area contributed by atoms with E-state index in [0.29, 0.717) is 10.9 Å². The van der Waals surface area contributed by atoms with E-state index in [-0.39, 0.29) is 5.71 Å². The van der Waals surface area contributed by atoms with Gasteiger partial charge in [-0.05, 0) is 5.56 Å². The van der Waals surface area contributed by atoms with Crippen molar-refractivity contribution in [2.24, 2.45) is 10.9 Å². The molecule has 0 aromatic heterocycles. The third-order valence-corrected chi connectivity index (χ3v) is 2.44. The van der Waals surface area contributed by atoms with Gasteiger partial charge in [0, 0.05) is 10.9 Å². The fourth-order valence-electron chi connectivity index (χ4n) is 1.19.